The van der Waals surface area contributed by atoms with Crippen molar-refractivity contribution in [3.8, 4) is 0 Å². The lowest BCUT2D eigenvalue weighted by molar-refractivity contribution is -0.0215. The van der Waals surface area contributed by atoms with Crippen LogP contribution in [0.4, 0.5) is 0 Å². The first-order valence-corrected chi connectivity index (χ1v) is 5.63. The van der Waals surface area contributed by atoms with Gasteiger partial charge in [0.25, 0.3) is 0 Å². The zero-order valence-corrected chi connectivity index (χ0v) is 8.61. The molecular weight excluding hydrogens is 180 g/mol. The summed E-state index contributed by atoms with van der Waals surface area (Å²) in [5, 5.41) is 12.0. The largest absolute Gasteiger partial charge is 0.391 e. The van der Waals surface area contributed by atoms with Crippen LogP contribution in [0.25, 0.3) is 0 Å². The second-order valence-corrected chi connectivity index (χ2v) is 4.19. The predicted octanol–water partition coefficient (Wildman–Crippen LogP) is 0.127. The molecule has 14 heavy (non-hydrogen) atoms. The van der Waals surface area contributed by atoms with Gasteiger partial charge in [0.15, 0.2) is 0 Å². The molecule has 1 saturated carbocycles. The molecule has 0 aromatic rings. The van der Waals surface area contributed by atoms with Crippen LogP contribution in [0.5, 0.6) is 0 Å². The van der Waals surface area contributed by atoms with Crippen LogP contribution in [-0.4, -0.2) is 48.6 Å². The molecule has 1 aliphatic carbocycles. The van der Waals surface area contributed by atoms with Gasteiger partial charge in [-0.1, -0.05) is 12.8 Å². The summed E-state index contributed by atoms with van der Waals surface area (Å²) in [7, 11) is 0. The van der Waals surface area contributed by atoms with Crippen LogP contribution in [0, 0.1) is 0 Å². The number of ether oxygens (including phenoxy) is 1. The molecule has 0 radical (unpaired) electrons. The summed E-state index contributed by atoms with van der Waals surface area (Å²) in [6.07, 6.45) is 4.29. The van der Waals surface area contributed by atoms with Crippen LogP contribution >= 0.6 is 0 Å². The first-order valence-electron chi connectivity index (χ1n) is 5.63. The Bertz CT molecular complexity index is 172. The Kier molecular flexibility index (Phi) is 3.75. The smallest absolute Gasteiger partial charge is 0.0706 e. The predicted molar refractivity (Wildman–Crippen MR) is 53.8 cm³/mol. The van der Waals surface area contributed by atoms with Gasteiger partial charge < -0.3 is 9.84 Å². The van der Waals surface area contributed by atoms with Gasteiger partial charge in [-0.2, -0.15) is 0 Å². The van der Waals surface area contributed by atoms with E-state index in [-0.39, 0.29) is 12.1 Å². The minimum atomic E-state index is -0.161. The standard InChI is InChI=1S/C10H20N2O2/c13-10-4-2-1-3-9(10)11-12-5-7-14-8-6-12/h9-11,13H,1-8H2. The van der Waals surface area contributed by atoms with Gasteiger partial charge in [0.05, 0.1) is 19.3 Å². The number of hydrazine groups is 1. The second kappa shape index (κ2) is 5.07. The van der Waals surface area contributed by atoms with E-state index in [1.807, 2.05) is 0 Å². The Morgan fingerprint density at radius 2 is 1.86 bits per heavy atom. The van der Waals surface area contributed by atoms with Crippen LogP contribution in [0.1, 0.15) is 25.7 Å². The Morgan fingerprint density at radius 1 is 1.14 bits per heavy atom. The van der Waals surface area contributed by atoms with E-state index in [0.717, 1.165) is 39.1 Å². The number of nitrogens with one attached hydrogen (secondary N) is 1. The van der Waals surface area contributed by atoms with E-state index >= 15 is 0 Å². The van der Waals surface area contributed by atoms with Crippen molar-refractivity contribution >= 4 is 0 Å². The van der Waals surface area contributed by atoms with Gasteiger partial charge >= 0.3 is 0 Å². The van der Waals surface area contributed by atoms with Gasteiger partial charge in [0, 0.05) is 19.1 Å². The van der Waals surface area contributed by atoms with E-state index in [1.165, 1.54) is 12.8 Å². The molecule has 2 N–H and O–H groups in total. The number of nitrogens with zero attached hydrogens (tertiary/aromatic N) is 1. The molecule has 2 fully saturated rings. The lowest BCUT2D eigenvalue weighted by Crippen LogP contribution is -2.54. The summed E-state index contributed by atoms with van der Waals surface area (Å²) < 4.78 is 5.27. The molecule has 2 rings (SSSR count). The van der Waals surface area contributed by atoms with Crippen molar-refractivity contribution in [1.82, 2.24) is 10.4 Å². The Balaban J connectivity index is 1.76. The number of aliphatic hydroxyl groups excluding tert-OH is 1. The van der Waals surface area contributed by atoms with Gasteiger partial charge in [0.1, 0.15) is 0 Å². The fourth-order valence-electron chi connectivity index (χ4n) is 2.19. The van der Waals surface area contributed by atoms with E-state index in [1.54, 1.807) is 0 Å². The molecule has 4 heteroatoms. The van der Waals surface area contributed by atoms with Crippen LogP contribution in [0.2, 0.25) is 0 Å². The van der Waals surface area contributed by atoms with Gasteiger partial charge in [0.2, 0.25) is 0 Å². The third-order valence-corrected chi connectivity index (χ3v) is 3.09. The average molecular weight is 200 g/mol. The van der Waals surface area contributed by atoms with E-state index in [2.05, 4.69) is 10.4 Å². The lowest BCUT2D eigenvalue weighted by atomic mass is 9.93. The van der Waals surface area contributed by atoms with Gasteiger partial charge in [-0.25, -0.2) is 10.4 Å². The van der Waals surface area contributed by atoms with E-state index in [4.69, 9.17) is 4.74 Å². The second-order valence-electron chi connectivity index (χ2n) is 4.19. The van der Waals surface area contributed by atoms with Crippen molar-refractivity contribution < 1.29 is 9.84 Å². The van der Waals surface area contributed by atoms with E-state index in [0.29, 0.717) is 0 Å². The Hall–Kier alpha value is -0.160. The summed E-state index contributed by atoms with van der Waals surface area (Å²) in [5.74, 6) is 0. The van der Waals surface area contributed by atoms with Crippen LogP contribution in [-0.2, 0) is 4.74 Å². The molecule has 0 aromatic heterocycles. The zero-order chi connectivity index (χ0) is 9.80. The molecule has 82 valence electrons. The summed E-state index contributed by atoms with van der Waals surface area (Å²) in [6.45, 7) is 3.47. The van der Waals surface area contributed by atoms with Crippen molar-refractivity contribution in [2.45, 2.75) is 37.8 Å². The van der Waals surface area contributed by atoms with Crippen molar-refractivity contribution in [2.24, 2.45) is 0 Å². The molecule has 1 saturated heterocycles. The summed E-state index contributed by atoms with van der Waals surface area (Å²) in [6, 6.07) is 0.266. The van der Waals surface area contributed by atoms with Crippen LogP contribution in [0.15, 0.2) is 0 Å². The fraction of sp³-hybridized carbons (Fsp3) is 1.00. The highest BCUT2D eigenvalue weighted by Gasteiger charge is 2.25. The quantitative estimate of drug-likeness (QED) is 0.665. The highest BCUT2D eigenvalue weighted by molar-refractivity contribution is 4.79. The Morgan fingerprint density at radius 3 is 2.57 bits per heavy atom. The third kappa shape index (κ3) is 2.67. The van der Waals surface area contributed by atoms with E-state index in [9.17, 15) is 5.11 Å². The summed E-state index contributed by atoms with van der Waals surface area (Å²) in [5.41, 5.74) is 3.41. The molecule has 2 aliphatic rings. The van der Waals surface area contributed by atoms with Crippen molar-refractivity contribution in [3.63, 3.8) is 0 Å². The van der Waals surface area contributed by atoms with Crippen LogP contribution in [0.3, 0.4) is 0 Å². The summed E-state index contributed by atoms with van der Waals surface area (Å²) >= 11 is 0. The third-order valence-electron chi connectivity index (χ3n) is 3.09. The number of rotatable bonds is 2. The molecule has 0 aromatic carbocycles. The lowest BCUT2D eigenvalue weighted by Gasteiger charge is -2.35. The zero-order valence-electron chi connectivity index (χ0n) is 8.61. The molecule has 0 spiro atoms. The molecule has 1 heterocycles. The average Bonchev–Trinajstić information content (AvgIpc) is 2.23. The molecule has 2 unspecified atom stereocenters. The van der Waals surface area contributed by atoms with Crippen molar-refractivity contribution in [2.75, 3.05) is 26.3 Å². The van der Waals surface area contributed by atoms with Crippen molar-refractivity contribution in [1.29, 1.82) is 0 Å². The van der Waals surface area contributed by atoms with Crippen LogP contribution < -0.4 is 5.43 Å². The maximum Gasteiger partial charge on any atom is 0.0706 e. The van der Waals surface area contributed by atoms with Gasteiger partial charge in [-0.15, -0.1) is 0 Å². The molecule has 1 aliphatic heterocycles. The van der Waals surface area contributed by atoms with E-state index < -0.39 is 0 Å². The molecule has 0 bridgehead atoms. The maximum atomic E-state index is 9.78. The molecular formula is C10H20N2O2. The minimum Gasteiger partial charge on any atom is -0.391 e. The molecule has 2 atom stereocenters. The number of hydrogen-bond donors (Lipinski definition) is 2. The number of aliphatic hydroxyl groups is 1. The topological polar surface area (TPSA) is 44.7 Å². The minimum absolute atomic E-state index is 0.161. The Labute approximate surface area is 85.2 Å². The number of morpholine rings is 1. The van der Waals surface area contributed by atoms with Gasteiger partial charge in [-0.3, -0.25) is 0 Å². The number of hydrogen-bond acceptors (Lipinski definition) is 4. The van der Waals surface area contributed by atoms with Gasteiger partial charge in [-0.05, 0) is 12.8 Å². The molecule has 4 nitrogen and oxygen atoms in total. The first-order chi connectivity index (χ1) is 6.86. The SMILES string of the molecule is OC1CCCCC1NN1CCOCC1. The normalized spacial score (nSPS) is 35.8. The van der Waals surface area contributed by atoms with Crippen molar-refractivity contribution in [3.05, 3.63) is 0 Å². The highest BCUT2D eigenvalue weighted by atomic mass is 16.5. The first kappa shape index (κ1) is 10.4. The highest BCUT2D eigenvalue weighted by Crippen LogP contribution is 2.18. The molecule has 0 amide bonds. The monoisotopic (exact) mass is 200 g/mol. The summed E-state index contributed by atoms with van der Waals surface area (Å²) in [4.78, 5) is 0. The maximum absolute atomic E-state index is 9.78. The fourth-order valence-corrected chi connectivity index (χ4v) is 2.19.